The SMILES string of the molecule is CN(CCCNC(=O)CCSc1cc(/C=C2\Sc3ccccc3N2C)c2ccccc2[n+]1-c1ccccc1)CCCNC(=O)CCSc1cc(/C=C2/Sc3ccccc3N2C)c2ccccc2[n+]1-c1ccccc1.[I-].[I-]. The molecule has 2 aliphatic heterocycles. The fourth-order valence-corrected chi connectivity index (χ4v) is 13.7. The van der Waals surface area contributed by atoms with Crippen molar-refractivity contribution in [2.75, 3.05) is 68.6 Å². The Morgan fingerprint density at radius 1 is 0.539 bits per heavy atom. The monoisotopic (exact) mass is 1310 g/mol. The van der Waals surface area contributed by atoms with Crippen molar-refractivity contribution in [3.8, 4) is 11.4 Å². The predicted molar refractivity (Wildman–Crippen MR) is 312 cm³/mol. The van der Waals surface area contributed by atoms with E-state index in [1.807, 2.05) is 12.1 Å². The molecule has 2 aliphatic rings. The van der Waals surface area contributed by atoms with E-state index in [2.05, 4.69) is 225 Å². The first kappa shape index (κ1) is 57.2. The molecule has 6 aromatic carbocycles. The number of amides is 2. The number of nitrogens with one attached hydrogen (secondary N) is 2. The lowest BCUT2D eigenvalue weighted by Crippen LogP contribution is -3.00. The third-order valence-electron chi connectivity index (χ3n) is 13.3. The van der Waals surface area contributed by atoms with Gasteiger partial charge < -0.3 is 73.3 Å². The zero-order valence-corrected chi connectivity index (χ0v) is 50.4. The molecule has 2 aromatic heterocycles. The molecule has 76 heavy (non-hydrogen) atoms. The molecule has 0 bridgehead atoms. The molecule has 0 fully saturated rings. The molecule has 15 heteroatoms. The normalized spacial score (nSPS) is 13.7. The van der Waals surface area contributed by atoms with Crippen molar-refractivity contribution in [3.63, 3.8) is 0 Å². The van der Waals surface area contributed by atoms with Gasteiger partial charge in [-0.1, -0.05) is 132 Å². The highest BCUT2D eigenvalue weighted by atomic mass is 127. The molecule has 2 amide bonds. The summed E-state index contributed by atoms with van der Waals surface area (Å²) >= 11 is 7.02. The number of halogens is 2. The number of carbonyl (C=O) groups excluding carboxylic acids is 2. The number of hydrogen-bond acceptors (Lipinski definition) is 9. The Kier molecular flexibility index (Phi) is 20.7. The Hall–Kier alpha value is -5.02. The zero-order chi connectivity index (χ0) is 50.8. The zero-order valence-electron chi connectivity index (χ0n) is 42.8. The molecule has 0 atom stereocenters. The highest BCUT2D eigenvalue weighted by molar-refractivity contribution is 8.04. The topological polar surface area (TPSA) is 75.7 Å². The maximum atomic E-state index is 13.2. The van der Waals surface area contributed by atoms with Crippen LogP contribution in [-0.4, -0.2) is 75.5 Å². The van der Waals surface area contributed by atoms with E-state index in [-0.39, 0.29) is 59.8 Å². The lowest BCUT2D eigenvalue weighted by Gasteiger charge is -2.17. The van der Waals surface area contributed by atoms with E-state index in [4.69, 9.17) is 0 Å². The first-order valence-corrected chi connectivity index (χ1v) is 28.9. The van der Waals surface area contributed by atoms with Crippen molar-refractivity contribution in [2.24, 2.45) is 0 Å². The van der Waals surface area contributed by atoms with E-state index in [0.717, 1.165) is 69.5 Å². The van der Waals surface area contributed by atoms with Crippen molar-refractivity contribution < 1.29 is 66.7 Å². The quantitative estimate of drug-likeness (QED) is 0.0400. The van der Waals surface area contributed by atoms with Crippen LogP contribution in [-0.2, 0) is 9.59 Å². The molecule has 4 heterocycles. The molecule has 0 unspecified atom stereocenters. The Morgan fingerprint density at radius 2 is 0.921 bits per heavy atom. The second-order valence-corrected chi connectivity index (χ2v) is 22.7. The van der Waals surface area contributed by atoms with Gasteiger partial charge in [-0.25, -0.2) is 0 Å². The number of benzene rings is 6. The number of rotatable bonds is 20. The second kappa shape index (κ2) is 27.5. The first-order valence-electron chi connectivity index (χ1n) is 25.3. The molecule has 8 aromatic rings. The molecule has 0 saturated heterocycles. The third kappa shape index (κ3) is 13.6. The van der Waals surface area contributed by atoms with Crippen LogP contribution < -0.4 is 77.5 Å². The van der Waals surface area contributed by atoms with Crippen molar-refractivity contribution in [3.05, 3.63) is 191 Å². The smallest absolute Gasteiger partial charge is 0.247 e. The van der Waals surface area contributed by atoms with Gasteiger partial charge in [-0.15, -0.1) is 9.13 Å². The van der Waals surface area contributed by atoms with E-state index < -0.39 is 0 Å². The minimum atomic E-state index is 0. The molecule has 0 aliphatic carbocycles. The van der Waals surface area contributed by atoms with Crippen LogP contribution in [0.25, 0.3) is 45.3 Å². The highest BCUT2D eigenvalue weighted by Crippen LogP contribution is 2.47. The fraction of sp³-hybridized carbons (Fsp3) is 0.213. The molecule has 0 spiro atoms. The maximum absolute atomic E-state index is 13.2. The van der Waals surface area contributed by atoms with Crippen LogP contribution >= 0.6 is 47.0 Å². The minimum absolute atomic E-state index is 0. The number of hydrogen-bond donors (Lipinski definition) is 2. The van der Waals surface area contributed by atoms with Gasteiger partial charge in [-0.05, 0) is 92.7 Å². The molecule has 0 saturated carbocycles. The van der Waals surface area contributed by atoms with Gasteiger partial charge in [0.15, 0.2) is 0 Å². The summed E-state index contributed by atoms with van der Waals surface area (Å²) in [6.07, 6.45) is 7.14. The Morgan fingerprint density at radius 3 is 1.34 bits per heavy atom. The first-order chi connectivity index (χ1) is 36.3. The molecule has 9 nitrogen and oxygen atoms in total. The second-order valence-electron chi connectivity index (χ2n) is 18.4. The summed E-state index contributed by atoms with van der Waals surface area (Å²) in [5.41, 5.74) is 9.17. The summed E-state index contributed by atoms with van der Waals surface area (Å²) in [5.74, 6) is 1.43. The number of fused-ring (bicyclic) bond motifs is 4. The van der Waals surface area contributed by atoms with E-state index in [1.54, 1.807) is 47.0 Å². The molecule has 2 N–H and O–H groups in total. The van der Waals surface area contributed by atoms with Crippen LogP contribution in [0, 0.1) is 0 Å². The summed E-state index contributed by atoms with van der Waals surface area (Å²) in [5, 5.41) is 13.2. The van der Waals surface area contributed by atoms with Gasteiger partial charge in [-0.3, -0.25) is 9.59 Å². The molecule has 10 rings (SSSR count). The molecule has 0 radical (unpaired) electrons. The number of anilines is 2. The van der Waals surface area contributed by atoms with Crippen LogP contribution in [0.4, 0.5) is 11.4 Å². The largest absolute Gasteiger partial charge is 1.00 e. The third-order valence-corrected chi connectivity index (χ3v) is 17.6. The van der Waals surface area contributed by atoms with Crippen LogP contribution in [0.5, 0.6) is 0 Å². The van der Waals surface area contributed by atoms with Gasteiger partial charge in [0, 0.05) is 110 Å². The van der Waals surface area contributed by atoms with Crippen molar-refractivity contribution in [1.29, 1.82) is 0 Å². The van der Waals surface area contributed by atoms with E-state index >= 15 is 0 Å². The van der Waals surface area contributed by atoms with E-state index in [1.165, 1.54) is 42.0 Å². The number of nitrogens with zero attached hydrogens (tertiary/aromatic N) is 5. The maximum Gasteiger partial charge on any atom is 0.247 e. The summed E-state index contributed by atoms with van der Waals surface area (Å²) in [7, 11) is 6.37. The average Bonchev–Trinajstić information content (AvgIpc) is 3.93. The van der Waals surface area contributed by atoms with Gasteiger partial charge in [0.05, 0.1) is 32.2 Å². The number of carbonyl (C=O) groups is 2. The Balaban J connectivity index is 0.00000383. The minimum Gasteiger partial charge on any atom is -1.00 e. The van der Waals surface area contributed by atoms with Crippen LogP contribution in [0.3, 0.4) is 0 Å². The number of para-hydroxylation sites is 6. The van der Waals surface area contributed by atoms with Gasteiger partial charge in [0.1, 0.15) is 0 Å². The van der Waals surface area contributed by atoms with Crippen molar-refractivity contribution in [1.82, 2.24) is 15.5 Å². The summed E-state index contributed by atoms with van der Waals surface area (Å²) in [6, 6.07) is 59.7. The average molecular weight is 1310 g/mol. The Labute approximate surface area is 498 Å². The van der Waals surface area contributed by atoms with Crippen molar-refractivity contribution in [2.45, 2.75) is 45.5 Å². The van der Waals surface area contributed by atoms with Gasteiger partial charge in [0.25, 0.3) is 0 Å². The highest BCUT2D eigenvalue weighted by Gasteiger charge is 2.27. The van der Waals surface area contributed by atoms with Crippen LogP contribution in [0.2, 0.25) is 0 Å². The Bertz CT molecular complexity index is 3160. The van der Waals surface area contributed by atoms with Crippen LogP contribution in [0.1, 0.15) is 36.8 Å². The molecule has 390 valence electrons. The van der Waals surface area contributed by atoms with Gasteiger partial charge in [0.2, 0.25) is 44.3 Å². The molecular weight excluding hydrogens is 1240 g/mol. The lowest BCUT2D eigenvalue weighted by molar-refractivity contribution is -0.608. The van der Waals surface area contributed by atoms with E-state index in [0.29, 0.717) is 37.4 Å². The predicted octanol–water partition coefficient (Wildman–Crippen LogP) is 6.24. The standard InChI is InChI=1S/C61H59N7O2S4.2HI/c1-64(36-18-34-62-56(69)32-38-71-60-42-44(40-58-65(2)52-28-14-16-30-54(52)73-58)48-24-10-12-26-50(48)67(60)46-20-6-4-7-21-46)37-19-35-63-57(70)33-39-72-61-43-45(41-59-66(3)53-29-15-17-31-55(53)74-59)49-25-11-13-27-51(49)68(61)47-22-8-5-9-23-47;;/h4-17,20-31,40-43H,18-19,32-39H2,1-3H3;2*1H. The van der Waals surface area contributed by atoms with Gasteiger partial charge in [-0.2, -0.15) is 0 Å². The van der Waals surface area contributed by atoms with E-state index in [9.17, 15) is 9.59 Å². The van der Waals surface area contributed by atoms with Crippen molar-refractivity contribution >= 4 is 104 Å². The summed E-state index contributed by atoms with van der Waals surface area (Å²) in [4.78, 5) is 35.6. The van der Waals surface area contributed by atoms with Gasteiger partial charge >= 0.3 is 0 Å². The number of thioether (sulfide) groups is 4. The summed E-state index contributed by atoms with van der Waals surface area (Å²) in [6.45, 7) is 2.97. The summed E-state index contributed by atoms with van der Waals surface area (Å²) < 4.78 is 4.63. The van der Waals surface area contributed by atoms with Crippen LogP contribution in [0.15, 0.2) is 200 Å². The fourth-order valence-electron chi connectivity index (χ4n) is 9.45. The number of pyridine rings is 2. The lowest BCUT2D eigenvalue weighted by atomic mass is 10.1. The molecular formula is C61H61I2N7O2S4. The number of aromatic nitrogens is 2.